The fourth-order valence-corrected chi connectivity index (χ4v) is 2.63. The van der Waals surface area contributed by atoms with E-state index in [1.54, 1.807) is 19.1 Å². The van der Waals surface area contributed by atoms with E-state index >= 15 is 0 Å². The Morgan fingerprint density at radius 2 is 2.06 bits per heavy atom. The highest BCUT2D eigenvalue weighted by molar-refractivity contribution is 6.31. The van der Waals surface area contributed by atoms with Crippen LogP contribution >= 0.6 is 11.6 Å². The average molecular weight is 254 g/mol. The van der Waals surface area contributed by atoms with Crippen LogP contribution in [0, 0.1) is 12.7 Å². The highest BCUT2D eigenvalue weighted by Gasteiger charge is 2.36. The van der Waals surface area contributed by atoms with Crippen molar-refractivity contribution in [3.63, 3.8) is 0 Å². The van der Waals surface area contributed by atoms with Crippen molar-refractivity contribution in [1.29, 1.82) is 0 Å². The molecule has 2 rings (SSSR count). The summed E-state index contributed by atoms with van der Waals surface area (Å²) in [7, 11) is 0. The Bertz CT molecular complexity index is 465. The molecule has 1 aromatic rings. The van der Waals surface area contributed by atoms with Crippen molar-refractivity contribution in [2.24, 2.45) is 4.99 Å². The Kier molecular flexibility index (Phi) is 3.32. The van der Waals surface area contributed by atoms with Crippen LogP contribution in [0.4, 0.5) is 4.39 Å². The van der Waals surface area contributed by atoms with Crippen LogP contribution in [0.25, 0.3) is 0 Å². The normalized spacial score (nSPS) is 17.8. The third kappa shape index (κ3) is 2.13. The average Bonchev–Trinajstić information content (AvgIpc) is 2.75. The van der Waals surface area contributed by atoms with Gasteiger partial charge in [0.2, 0.25) is 6.08 Å². The predicted octanol–water partition coefficient (Wildman–Crippen LogP) is 3.89. The van der Waals surface area contributed by atoms with Crippen molar-refractivity contribution < 1.29 is 9.18 Å². The molecule has 0 atom stereocenters. The van der Waals surface area contributed by atoms with Gasteiger partial charge in [-0.3, -0.25) is 0 Å². The maximum absolute atomic E-state index is 13.7. The van der Waals surface area contributed by atoms with Crippen LogP contribution in [0.15, 0.2) is 17.1 Å². The van der Waals surface area contributed by atoms with Crippen LogP contribution in [0.2, 0.25) is 5.02 Å². The number of hydrogen-bond donors (Lipinski definition) is 0. The second-order valence-corrected chi connectivity index (χ2v) is 4.91. The first kappa shape index (κ1) is 12.3. The molecule has 1 saturated carbocycles. The topological polar surface area (TPSA) is 29.4 Å². The monoisotopic (exact) mass is 253 g/mol. The van der Waals surface area contributed by atoms with Gasteiger partial charge in [0.15, 0.2) is 0 Å². The van der Waals surface area contributed by atoms with Gasteiger partial charge in [-0.2, -0.15) is 4.99 Å². The highest BCUT2D eigenvalue weighted by atomic mass is 35.5. The van der Waals surface area contributed by atoms with Crippen molar-refractivity contribution in [2.45, 2.75) is 38.1 Å². The molecule has 0 radical (unpaired) electrons. The summed E-state index contributed by atoms with van der Waals surface area (Å²) in [5.74, 6) is -0.347. The fraction of sp³-hybridized carbons (Fsp3) is 0.462. The lowest BCUT2D eigenvalue weighted by molar-refractivity contribution is 0.452. The molecule has 0 aromatic heterocycles. The van der Waals surface area contributed by atoms with Crippen LogP contribution in [-0.2, 0) is 10.3 Å². The van der Waals surface area contributed by atoms with Crippen LogP contribution in [0.5, 0.6) is 0 Å². The zero-order chi connectivity index (χ0) is 12.5. The lowest BCUT2D eigenvalue weighted by Gasteiger charge is -2.23. The van der Waals surface area contributed by atoms with E-state index < -0.39 is 5.54 Å². The number of rotatable bonds is 2. The molecule has 0 heterocycles. The molecule has 1 aromatic carbocycles. The Balaban J connectivity index is 2.54. The van der Waals surface area contributed by atoms with E-state index in [-0.39, 0.29) is 5.82 Å². The maximum atomic E-state index is 13.7. The van der Waals surface area contributed by atoms with Gasteiger partial charge >= 0.3 is 0 Å². The van der Waals surface area contributed by atoms with Gasteiger partial charge in [0.25, 0.3) is 0 Å². The molecule has 2 nitrogen and oxygen atoms in total. The molecular formula is C13H13ClFNO. The van der Waals surface area contributed by atoms with Gasteiger partial charge < -0.3 is 0 Å². The number of aliphatic imine (C=N–C) groups is 1. The summed E-state index contributed by atoms with van der Waals surface area (Å²) >= 11 is 5.98. The smallest absolute Gasteiger partial charge is 0.211 e. The predicted molar refractivity (Wildman–Crippen MR) is 64.4 cm³/mol. The lowest BCUT2D eigenvalue weighted by atomic mass is 9.88. The number of carbonyl (C=O) groups excluding carboxylic acids is 1. The van der Waals surface area contributed by atoms with Crippen molar-refractivity contribution in [3.8, 4) is 0 Å². The summed E-state index contributed by atoms with van der Waals surface area (Å²) in [6, 6.07) is 3.15. The standard InChI is InChI=1S/C13H13ClFNO/c1-9-11(14)6-10(7-12(9)15)13(16-8-17)4-2-3-5-13/h6-7H,2-5H2,1H3. The number of halogens is 2. The van der Waals surface area contributed by atoms with E-state index in [0.29, 0.717) is 16.1 Å². The molecule has 90 valence electrons. The van der Waals surface area contributed by atoms with E-state index in [2.05, 4.69) is 4.99 Å². The Morgan fingerprint density at radius 3 is 2.59 bits per heavy atom. The van der Waals surface area contributed by atoms with Crippen LogP contribution in [-0.4, -0.2) is 6.08 Å². The second-order valence-electron chi connectivity index (χ2n) is 4.51. The Labute approximate surface area is 105 Å². The molecule has 0 bridgehead atoms. The first-order valence-electron chi connectivity index (χ1n) is 5.64. The molecule has 17 heavy (non-hydrogen) atoms. The van der Waals surface area contributed by atoms with Crippen LogP contribution in [0.3, 0.4) is 0 Å². The van der Waals surface area contributed by atoms with E-state index in [9.17, 15) is 9.18 Å². The summed E-state index contributed by atoms with van der Waals surface area (Å²) in [4.78, 5) is 14.5. The first-order chi connectivity index (χ1) is 8.09. The van der Waals surface area contributed by atoms with E-state index in [1.807, 2.05) is 0 Å². The molecule has 4 heteroatoms. The van der Waals surface area contributed by atoms with E-state index in [4.69, 9.17) is 11.6 Å². The fourth-order valence-electron chi connectivity index (χ4n) is 2.43. The summed E-state index contributed by atoms with van der Waals surface area (Å²) in [5, 5.41) is 0.382. The Morgan fingerprint density at radius 1 is 1.41 bits per heavy atom. The minimum Gasteiger partial charge on any atom is -0.211 e. The van der Waals surface area contributed by atoms with Gasteiger partial charge in [-0.15, -0.1) is 0 Å². The SMILES string of the molecule is Cc1c(F)cc(C2(N=C=O)CCCC2)cc1Cl. The summed E-state index contributed by atoms with van der Waals surface area (Å²) < 4.78 is 13.7. The van der Waals surface area contributed by atoms with Gasteiger partial charge in [-0.05, 0) is 37.5 Å². The minimum absolute atomic E-state index is 0.347. The molecule has 0 spiro atoms. The Hall–Kier alpha value is -1.18. The van der Waals surface area contributed by atoms with Crippen LogP contribution in [0.1, 0.15) is 36.8 Å². The molecule has 0 saturated heterocycles. The first-order valence-corrected chi connectivity index (χ1v) is 6.02. The largest absolute Gasteiger partial charge is 0.235 e. The van der Waals surface area contributed by atoms with Crippen molar-refractivity contribution >= 4 is 17.7 Å². The van der Waals surface area contributed by atoms with Crippen molar-refractivity contribution in [2.75, 3.05) is 0 Å². The van der Waals surface area contributed by atoms with Crippen LogP contribution < -0.4 is 0 Å². The third-order valence-corrected chi connectivity index (χ3v) is 3.90. The zero-order valence-electron chi connectivity index (χ0n) is 9.59. The number of benzene rings is 1. The van der Waals surface area contributed by atoms with Gasteiger partial charge in [0.05, 0.1) is 5.54 Å². The van der Waals surface area contributed by atoms with Gasteiger partial charge in [-0.1, -0.05) is 24.4 Å². The molecule has 0 amide bonds. The lowest BCUT2D eigenvalue weighted by Crippen LogP contribution is -2.19. The molecule has 1 aliphatic carbocycles. The van der Waals surface area contributed by atoms with Crippen molar-refractivity contribution in [1.82, 2.24) is 0 Å². The highest BCUT2D eigenvalue weighted by Crippen LogP contribution is 2.43. The minimum atomic E-state index is -0.611. The molecule has 1 fully saturated rings. The maximum Gasteiger partial charge on any atom is 0.235 e. The second kappa shape index (κ2) is 4.59. The van der Waals surface area contributed by atoms with Gasteiger partial charge in [-0.25, -0.2) is 9.18 Å². The number of nitrogens with zero attached hydrogens (tertiary/aromatic N) is 1. The summed E-state index contributed by atoms with van der Waals surface area (Å²) in [6.45, 7) is 1.63. The zero-order valence-corrected chi connectivity index (χ0v) is 10.4. The number of hydrogen-bond acceptors (Lipinski definition) is 2. The molecule has 0 aliphatic heterocycles. The van der Waals surface area contributed by atoms with E-state index in [1.165, 1.54) is 6.07 Å². The summed E-state index contributed by atoms with van der Waals surface area (Å²) in [5.41, 5.74) is 0.505. The molecule has 0 unspecified atom stereocenters. The van der Waals surface area contributed by atoms with E-state index in [0.717, 1.165) is 25.7 Å². The van der Waals surface area contributed by atoms with Gasteiger partial charge in [0.1, 0.15) is 5.82 Å². The third-order valence-electron chi connectivity index (χ3n) is 3.51. The summed E-state index contributed by atoms with van der Waals surface area (Å²) in [6.07, 6.45) is 5.08. The van der Waals surface area contributed by atoms with Gasteiger partial charge in [0, 0.05) is 10.6 Å². The number of isocyanates is 1. The molecule has 0 N–H and O–H groups in total. The molecular weight excluding hydrogens is 241 g/mol. The van der Waals surface area contributed by atoms with Crippen molar-refractivity contribution in [3.05, 3.63) is 34.1 Å². The molecule has 1 aliphatic rings. The quantitative estimate of drug-likeness (QED) is 0.581.